The molecule has 1 heterocycles. The highest BCUT2D eigenvalue weighted by Crippen LogP contribution is 2.37. The Morgan fingerprint density at radius 2 is 1.28 bits per heavy atom. The molecule has 0 spiro atoms. The molecule has 5 aromatic rings. The average molecular weight is 374 g/mol. The lowest BCUT2D eigenvalue weighted by atomic mass is 9.92. The molecule has 0 fully saturated rings. The van der Waals surface area contributed by atoms with Gasteiger partial charge in [0.1, 0.15) is 0 Å². The third kappa shape index (κ3) is 2.49. The summed E-state index contributed by atoms with van der Waals surface area (Å²) in [6.45, 7) is 0. The minimum atomic E-state index is 1.06. The van der Waals surface area contributed by atoms with E-state index in [4.69, 9.17) is 5.84 Å². The molecule has 2 heteroatoms. The van der Waals surface area contributed by atoms with Gasteiger partial charge < -0.3 is 5.84 Å². The van der Waals surface area contributed by atoms with Crippen LogP contribution in [0.4, 0.5) is 0 Å². The number of benzene rings is 4. The van der Waals surface area contributed by atoms with Crippen molar-refractivity contribution in [2.24, 2.45) is 0 Å². The largest absolute Gasteiger partial charge is 0.339 e. The Morgan fingerprint density at radius 1 is 0.586 bits per heavy atom. The van der Waals surface area contributed by atoms with Crippen LogP contribution < -0.4 is 5.84 Å². The van der Waals surface area contributed by atoms with Gasteiger partial charge in [-0.15, -0.1) is 0 Å². The van der Waals surface area contributed by atoms with Gasteiger partial charge in [-0.3, -0.25) is 4.68 Å². The molecule has 29 heavy (non-hydrogen) atoms. The first-order valence-corrected chi connectivity index (χ1v) is 10.3. The van der Waals surface area contributed by atoms with E-state index in [-0.39, 0.29) is 0 Å². The second-order valence-corrected chi connectivity index (χ2v) is 8.00. The van der Waals surface area contributed by atoms with E-state index < -0.39 is 0 Å². The van der Waals surface area contributed by atoms with Crippen LogP contribution in [0.1, 0.15) is 17.5 Å². The molecular formula is C27H22N2. The van der Waals surface area contributed by atoms with Gasteiger partial charge in [-0.1, -0.05) is 60.7 Å². The molecule has 0 saturated heterocycles. The van der Waals surface area contributed by atoms with Gasteiger partial charge in [0.25, 0.3) is 0 Å². The van der Waals surface area contributed by atoms with Crippen LogP contribution in [0, 0.1) is 0 Å². The highest BCUT2D eigenvalue weighted by atomic mass is 15.3. The summed E-state index contributed by atoms with van der Waals surface area (Å²) in [5.41, 5.74) is 10.3. The number of nitrogens with two attached hydrogens (primary N) is 1. The first-order chi connectivity index (χ1) is 14.3. The monoisotopic (exact) mass is 374 g/mol. The zero-order valence-electron chi connectivity index (χ0n) is 16.2. The number of nitrogens with zero attached hydrogens (tertiary/aromatic N) is 1. The van der Waals surface area contributed by atoms with E-state index in [0.29, 0.717) is 0 Å². The van der Waals surface area contributed by atoms with E-state index in [1.54, 1.807) is 4.68 Å². The molecule has 4 aromatic carbocycles. The first kappa shape index (κ1) is 16.4. The van der Waals surface area contributed by atoms with Crippen LogP contribution in [0.3, 0.4) is 0 Å². The zero-order chi connectivity index (χ0) is 19.4. The Morgan fingerprint density at radius 3 is 2.21 bits per heavy atom. The number of hydrogen-bond donors (Lipinski definition) is 1. The van der Waals surface area contributed by atoms with Gasteiger partial charge in [0.2, 0.25) is 0 Å². The summed E-state index contributed by atoms with van der Waals surface area (Å²) in [5.74, 6) is 6.34. The van der Waals surface area contributed by atoms with Gasteiger partial charge in [0, 0.05) is 10.8 Å². The standard InChI is InChI=1S/C27H22N2/c28-29-26-11-4-3-10-23(26)25-17-21(14-15-27(25)29)20-13-12-19-8-5-7-18-6-1-2-9-22(18)24(19)16-20/h1-4,6,9-17H,5,7-8,28H2. The van der Waals surface area contributed by atoms with Crippen LogP contribution in [0.15, 0.2) is 84.9 Å². The maximum absolute atomic E-state index is 6.34. The molecule has 140 valence electrons. The summed E-state index contributed by atoms with van der Waals surface area (Å²) in [6, 6.07) is 30.8. The van der Waals surface area contributed by atoms with Crippen molar-refractivity contribution in [1.29, 1.82) is 0 Å². The van der Waals surface area contributed by atoms with Gasteiger partial charge in [-0.25, -0.2) is 0 Å². The lowest BCUT2D eigenvalue weighted by molar-refractivity contribution is 0.835. The quantitative estimate of drug-likeness (QED) is 0.341. The smallest absolute Gasteiger partial charge is 0.0704 e. The molecule has 0 amide bonds. The van der Waals surface area contributed by atoms with Gasteiger partial charge in [0.15, 0.2) is 0 Å². The third-order valence-electron chi connectivity index (χ3n) is 6.35. The summed E-state index contributed by atoms with van der Waals surface area (Å²) >= 11 is 0. The minimum Gasteiger partial charge on any atom is -0.339 e. The number of aryl methyl sites for hydroxylation is 2. The first-order valence-electron chi connectivity index (χ1n) is 10.3. The van der Waals surface area contributed by atoms with Crippen LogP contribution >= 0.6 is 0 Å². The molecule has 0 unspecified atom stereocenters. The normalized spacial score (nSPS) is 13.2. The molecule has 0 aliphatic heterocycles. The summed E-state index contributed by atoms with van der Waals surface area (Å²) in [5, 5.41) is 2.41. The fourth-order valence-corrected chi connectivity index (χ4v) is 4.88. The zero-order valence-corrected chi connectivity index (χ0v) is 16.2. The molecule has 6 rings (SSSR count). The maximum Gasteiger partial charge on any atom is 0.0704 e. The predicted molar refractivity (Wildman–Crippen MR) is 122 cm³/mol. The summed E-state index contributed by atoms with van der Waals surface area (Å²) < 4.78 is 1.79. The Hall–Kier alpha value is -3.52. The number of fused-ring (bicyclic) bond motifs is 6. The van der Waals surface area contributed by atoms with E-state index in [2.05, 4.69) is 78.9 Å². The van der Waals surface area contributed by atoms with E-state index in [0.717, 1.165) is 23.9 Å². The van der Waals surface area contributed by atoms with Crippen molar-refractivity contribution in [3.63, 3.8) is 0 Å². The number of para-hydroxylation sites is 1. The molecule has 1 aliphatic rings. The van der Waals surface area contributed by atoms with Gasteiger partial charge in [-0.05, 0) is 76.9 Å². The second-order valence-electron chi connectivity index (χ2n) is 8.00. The summed E-state index contributed by atoms with van der Waals surface area (Å²) in [4.78, 5) is 0. The Labute approximate surface area is 170 Å². The minimum absolute atomic E-state index is 1.06. The fourth-order valence-electron chi connectivity index (χ4n) is 4.88. The highest BCUT2D eigenvalue weighted by Gasteiger charge is 2.15. The van der Waals surface area contributed by atoms with Crippen molar-refractivity contribution >= 4 is 21.8 Å². The predicted octanol–water partition coefficient (Wildman–Crippen LogP) is 6.33. The van der Waals surface area contributed by atoms with Crippen molar-refractivity contribution in [2.45, 2.75) is 19.3 Å². The highest BCUT2D eigenvalue weighted by molar-refractivity contribution is 6.09. The molecule has 0 atom stereocenters. The molecule has 2 nitrogen and oxygen atoms in total. The number of nitrogen functional groups attached to an aromatic ring is 1. The van der Waals surface area contributed by atoms with Gasteiger partial charge in [0.05, 0.1) is 11.0 Å². The SMILES string of the molecule is Nn1c2ccccc2c2cc(-c3ccc4c(c3)-c3ccccc3CCC4)ccc21. The van der Waals surface area contributed by atoms with Crippen LogP contribution in [0.5, 0.6) is 0 Å². The number of hydrogen-bond acceptors (Lipinski definition) is 1. The molecule has 2 N–H and O–H groups in total. The van der Waals surface area contributed by atoms with Crippen molar-refractivity contribution < 1.29 is 0 Å². The Balaban J connectivity index is 1.56. The van der Waals surface area contributed by atoms with Crippen LogP contribution in [0.2, 0.25) is 0 Å². The van der Waals surface area contributed by atoms with Gasteiger partial charge >= 0.3 is 0 Å². The van der Waals surface area contributed by atoms with Crippen molar-refractivity contribution in [3.8, 4) is 22.3 Å². The van der Waals surface area contributed by atoms with E-state index in [1.165, 1.54) is 50.6 Å². The number of rotatable bonds is 1. The second kappa shape index (κ2) is 6.25. The summed E-state index contributed by atoms with van der Waals surface area (Å²) in [6.07, 6.45) is 3.51. The van der Waals surface area contributed by atoms with Crippen LogP contribution in [-0.2, 0) is 12.8 Å². The van der Waals surface area contributed by atoms with Crippen molar-refractivity contribution in [3.05, 3.63) is 96.1 Å². The van der Waals surface area contributed by atoms with Gasteiger partial charge in [-0.2, -0.15) is 0 Å². The van der Waals surface area contributed by atoms with E-state index in [1.807, 2.05) is 6.07 Å². The third-order valence-corrected chi connectivity index (χ3v) is 6.35. The Bertz CT molecular complexity index is 1390. The van der Waals surface area contributed by atoms with Crippen molar-refractivity contribution in [1.82, 2.24) is 4.68 Å². The average Bonchev–Trinajstić information content (AvgIpc) is 2.93. The van der Waals surface area contributed by atoms with E-state index in [9.17, 15) is 0 Å². The molecule has 1 aliphatic carbocycles. The lowest BCUT2D eigenvalue weighted by Crippen LogP contribution is -2.06. The lowest BCUT2D eigenvalue weighted by Gasteiger charge is -2.12. The fraction of sp³-hybridized carbons (Fsp3) is 0.111. The number of aromatic nitrogens is 1. The Kier molecular flexibility index (Phi) is 3.54. The van der Waals surface area contributed by atoms with Crippen LogP contribution in [0.25, 0.3) is 44.1 Å². The topological polar surface area (TPSA) is 30.9 Å². The van der Waals surface area contributed by atoms with Crippen molar-refractivity contribution in [2.75, 3.05) is 5.84 Å². The molecule has 0 bridgehead atoms. The molecule has 0 radical (unpaired) electrons. The van der Waals surface area contributed by atoms with E-state index >= 15 is 0 Å². The molecular weight excluding hydrogens is 352 g/mol. The maximum atomic E-state index is 6.34. The van der Waals surface area contributed by atoms with Crippen LogP contribution in [-0.4, -0.2) is 4.68 Å². The molecule has 1 aromatic heterocycles. The summed E-state index contributed by atoms with van der Waals surface area (Å²) in [7, 11) is 0. The molecule has 0 saturated carbocycles.